The maximum absolute atomic E-state index is 12.3. The van der Waals surface area contributed by atoms with Crippen molar-refractivity contribution in [1.29, 1.82) is 0 Å². The van der Waals surface area contributed by atoms with Crippen molar-refractivity contribution in [3.63, 3.8) is 0 Å². The van der Waals surface area contributed by atoms with E-state index >= 15 is 0 Å². The van der Waals surface area contributed by atoms with Gasteiger partial charge in [-0.1, -0.05) is 12.2 Å². The summed E-state index contributed by atoms with van der Waals surface area (Å²) >= 11 is 0. The second kappa shape index (κ2) is 6.91. The summed E-state index contributed by atoms with van der Waals surface area (Å²) in [6.07, 6.45) is 3.26. The molecule has 1 aliphatic rings. The predicted octanol–water partition coefficient (Wildman–Crippen LogP) is 1.46. The summed E-state index contributed by atoms with van der Waals surface area (Å²) in [6.45, 7) is 8.57. The van der Waals surface area contributed by atoms with E-state index in [0.717, 1.165) is 6.07 Å². The minimum Gasteiger partial charge on any atom is -0.395 e. The predicted molar refractivity (Wildman–Crippen MR) is 81.7 cm³/mol. The Morgan fingerprint density at radius 3 is 2.43 bits per heavy atom. The van der Waals surface area contributed by atoms with E-state index < -0.39 is 16.7 Å². The molecule has 1 aromatic rings. The monoisotopic (exact) mass is 319 g/mol. The summed E-state index contributed by atoms with van der Waals surface area (Å²) in [5.74, 6) is -1.40. The number of hydrogen-bond acceptors (Lipinski definition) is 5. The lowest BCUT2D eigenvalue weighted by Crippen LogP contribution is -2.56. The number of amides is 2. The zero-order valence-corrected chi connectivity index (χ0v) is 12.5. The zero-order valence-electron chi connectivity index (χ0n) is 12.5. The minimum absolute atomic E-state index is 0.0701. The third-order valence-corrected chi connectivity index (χ3v) is 3.51. The van der Waals surface area contributed by atoms with Gasteiger partial charge >= 0.3 is 5.88 Å². The molecule has 0 bridgehead atoms. The maximum Gasteiger partial charge on any atom is 0.433 e. The van der Waals surface area contributed by atoms with E-state index in [0.29, 0.717) is 13.1 Å². The topological polar surface area (TPSA) is 96.9 Å². The lowest BCUT2D eigenvalue weighted by Gasteiger charge is -2.39. The van der Waals surface area contributed by atoms with Crippen LogP contribution in [0.1, 0.15) is 10.6 Å². The van der Waals surface area contributed by atoms with Crippen LogP contribution in [-0.2, 0) is 4.79 Å². The van der Waals surface area contributed by atoms with E-state index in [2.05, 4.69) is 13.2 Å². The molecule has 8 heteroatoms. The lowest BCUT2D eigenvalue weighted by atomic mass is 9.98. The third-order valence-electron chi connectivity index (χ3n) is 3.51. The third kappa shape index (κ3) is 3.47. The fourth-order valence-electron chi connectivity index (χ4n) is 2.32. The molecule has 23 heavy (non-hydrogen) atoms. The smallest absolute Gasteiger partial charge is 0.395 e. The molecule has 122 valence electrons. The molecule has 2 rings (SSSR count). The summed E-state index contributed by atoms with van der Waals surface area (Å²) in [5, 5.41) is 10.6. The first-order valence-corrected chi connectivity index (χ1v) is 7.02. The Balaban J connectivity index is 1.93. The fraction of sp³-hybridized carbons (Fsp3) is 0.333. The molecule has 1 aromatic heterocycles. The lowest BCUT2D eigenvalue weighted by molar-refractivity contribution is -0.402. The van der Waals surface area contributed by atoms with Crippen LogP contribution in [0, 0.1) is 16.0 Å². The van der Waals surface area contributed by atoms with Gasteiger partial charge in [-0.3, -0.25) is 19.7 Å². The van der Waals surface area contributed by atoms with E-state index in [1.54, 1.807) is 17.1 Å². The summed E-state index contributed by atoms with van der Waals surface area (Å²) in [7, 11) is 0. The maximum atomic E-state index is 12.3. The Bertz CT molecular complexity index is 635. The Kier molecular flexibility index (Phi) is 4.95. The molecule has 0 saturated carbocycles. The van der Waals surface area contributed by atoms with Gasteiger partial charge < -0.3 is 14.2 Å². The fourth-order valence-corrected chi connectivity index (χ4v) is 2.32. The van der Waals surface area contributed by atoms with E-state index in [9.17, 15) is 19.7 Å². The standard InChI is InChI=1S/C15H17N3O5/c1-3-7-16(8-4-2)14(19)11-9-17(10-11)15(20)12-5-6-13(23-12)18(21)22/h3-6,11H,1-2,7-10H2. The highest BCUT2D eigenvalue weighted by Crippen LogP contribution is 2.23. The number of nitro groups is 1. The van der Waals surface area contributed by atoms with Crippen LogP contribution >= 0.6 is 0 Å². The average Bonchev–Trinajstić information content (AvgIpc) is 2.95. The van der Waals surface area contributed by atoms with Crippen LogP contribution in [-0.4, -0.2) is 52.7 Å². The Labute approximate surface area is 132 Å². The van der Waals surface area contributed by atoms with Crippen molar-refractivity contribution in [1.82, 2.24) is 9.80 Å². The van der Waals surface area contributed by atoms with Gasteiger partial charge in [0.1, 0.15) is 4.92 Å². The van der Waals surface area contributed by atoms with Gasteiger partial charge in [0.2, 0.25) is 5.91 Å². The molecule has 2 amide bonds. The summed E-state index contributed by atoms with van der Waals surface area (Å²) in [5.41, 5.74) is 0. The molecule has 0 spiro atoms. The van der Waals surface area contributed by atoms with E-state index in [1.807, 2.05) is 0 Å². The Morgan fingerprint density at radius 2 is 1.96 bits per heavy atom. The second-order valence-electron chi connectivity index (χ2n) is 5.12. The highest BCUT2D eigenvalue weighted by Gasteiger charge is 2.39. The largest absolute Gasteiger partial charge is 0.433 e. The quantitative estimate of drug-likeness (QED) is 0.430. The highest BCUT2D eigenvalue weighted by atomic mass is 16.6. The normalized spacial score (nSPS) is 14.0. The average molecular weight is 319 g/mol. The van der Waals surface area contributed by atoms with Gasteiger partial charge in [0, 0.05) is 26.2 Å². The van der Waals surface area contributed by atoms with Crippen molar-refractivity contribution in [2.24, 2.45) is 5.92 Å². The van der Waals surface area contributed by atoms with Gasteiger partial charge in [-0.15, -0.1) is 13.2 Å². The molecule has 0 radical (unpaired) electrons. The van der Waals surface area contributed by atoms with Gasteiger partial charge in [0.05, 0.1) is 12.0 Å². The van der Waals surface area contributed by atoms with Gasteiger partial charge in [0.15, 0.2) is 5.76 Å². The first-order valence-electron chi connectivity index (χ1n) is 7.02. The molecule has 1 saturated heterocycles. The molecule has 1 aliphatic heterocycles. The second-order valence-corrected chi connectivity index (χ2v) is 5.12. The number of carbonyl (C=O) groups is 2. The number of likely N-dealkylation sites (tertiary alicyclic amines) is 1. The molecule has 0 atom stereocenters. The van der Waals surface area contributed by atoms with E-state index in [1.165, 1.54) is 11.0 Å². The van der Waals surface area contributed by atoms with Crippen molar-refractivity contribution >= 4 is 17.7 Å². The van der Waals surface area contributed by atoms with Crippen LogP contribution in [0.2, 0.25) is 0 Å². The van der Waals surface area contributed by atoms with E-state index in [-0.39, 0.29) is 30.7 Å². The van der Waals surface area contributed by atoms with E-state index in [4.69, 9.17) is 4.42 Å². The molecular formula is C15H17N3O5. The molecule has 8 nitrogen and oxygen atoms in total. The Morgan fingerprint density at radius 1 is 1.35 bits per heavy atom. The van der Waals surface area contributed by atoms with Crippen LogP contribution < -0.4 is 0 Å². The summed E-state index contributed by atoms with van der Waals surface area (Å²) in [6, 6.07) is 2.39. The highest BCUT2D eigenvalue weighted by molar-refractivity contribution is 5.94. The molecule has 0 N–H and O–H groups in total. The molecule has 0 aliphatic carbocycles. The zero-order chi connectivity index (χ0) is 17.0. The number of carbonyl (C=O) groups excluding carboxylic acids is 2. The molecule has 0 unspecified atom stereocenters. The van der Waals surface area contributed by atoms with Gasteiger partial charge in [-0.2, -0.15) is 0 Å². The van der Waals surface area contributed by atoms with Crippen LogP contribution in [0.25, 0.3) is 0 Å². The van der Waals surface area contributed by atoms with Gasteiger partial charge in [-0.25, -0.2) is 0 Å². The van der Waals surface area contributed by atoms with Crippen molar-refractivity contribution in [3.05, 3.63) is 53.3 Å². The summed E-state index contributed by atoms with van der Waals surface area (Å²) in [4.78, 5) is 37.3. The van der Waals surface area contributed by atoms with Crippen LogP contribution in [0.4, 0.5) is 5.88 Å². The van der Waals surface area contributed by atoms with Crippen molar-refractivity contribution in [2.75, 3.05) is 26.2 Å². The van der Waals surface area contributed by atoms with Gasteiger partial charge in [0.25, 0.3) is 5.91 Å². The summed E-state index contributed by atoms with van der Waals surface area (Å²) < 4.78 is 4.87. The van der Waals surface area contributed by atoms with Crippen LogP contribution in [0.5, 0.6) is 0 Å². The van der Waals surface area contributed by atoms with Gasteiger partial charge in [-0.05, 0) is 6.07 Å². The van der Waals surface area contributed by atoms with Crippen molar-refractivity contribution < 1.29 is 18.9 Å². The molecule has 2 heterocycles. The number of hydrogen-bond donors (Lipinski definition) is 0. The van der Waals surface area contributed by atoms with Crippen LogP contribution in [0.15, 0.2) is 41.9 Å². The first kappa shape index (κ1) is 16.5. The molecule has 1 fully saturated rings. The number of furan rings is 1. The minimum atomic E-state index is -0.707. The van der Waals surface area contributed by atoms with Crippen LogP contribution in [0.3, 0.4) is 0 Å². The molecular weight excluding hydrogens is 302 g/mol. The van der Waals surface area contributed by atoms with Crippen molar-refractivity contribution in [2.45, 2.75) is 0 Å². The van der Waals surface area contributed by atoms with Crippen molar-refractivity contribution in [3.8, 4) is 0 Å². The number of nitrogens with zero attached hydrogens (tertiary/aromatic N) is 3. The first-order chi connectivity index (χ1) is 11.0. The number of rotatable bonds is 7. The Hall–Kier alpha value is -2.90. The SMILES string of the molecule is C=CCN(CC=C)C(=O)C1CN(C(=O)c2ccc([N+](=O)[O-])o2)C1. The molecule has 0 aromatic carbocycles.